The second-order valence-electron chi connectivity index (χ2n) is 6.43. The first-order chi connectivity index (χ1) is 13.5. The van der Waals surface area contributed by atoms with Gasteiger partial charge in [-0.3, -0.25) is 14.9 Å². The molecule has 0 saturated carbocycles. The van der Waals surface area contributed by atoms with E-state index in [9.17, 15) is 14.9 Å². The molecule has 0 radical (unpaired) electrons. The molecule has 0 atom stereocenters. The van der Waals surface area contributed by atoms with Crippen LogP contribution in [-0.4, -0.2) is 48.5 Å². The molecule has 0 unspecified atom stereocenters. The van der Waals surface area contributed by atoms with Crippen molar-refractivity contribution in [1.29, 1.82) is 0 Å². The minimum atomic E-state index is -0.405. The van der Waals surface area contributed by atoms with Gasteiger partial charge in [-0.1, -0.05) is 29.8 Å². The first-order valence-corrected chi connectivity index (χ1v) is 9.59. The molecule has 2 aromatic rings. The van der Waals surface area contributed by atoms with Gasteiger partial charge in [0.25, 0.3) is 5.91 Å². The SMILES string of the molecule is CCOc1cccc(N2CCCN(C(=O)c3ccccc3Cl)CC2)c1[N+](=O)[O-]. The lowest BCUT2D eigenvalue weighted by Gasteiger charge is -2.24. The highest BCUT2D eigenvalue weighted by Gasteiger charge is 2.28. The van der Waals surface area contributed by atoms with E-state index in [4.69, 9.17) is 16.3 Å². The van der Waals surface area contributed by atoms with Gasteiger partial charge < -0.3 is 14.5 Å². The Morgan fingerprint density at radius 2 is 1.93 bits per heavy atom. The number of hydrogen-bond acceptors (Lipinski definition) is 5. The molecule has 7 nitrogen and oxygen atoms in total. The largest absolute Gasteiger partial charge is 0.487 e. The first kappa shape index (κ1) is 19.9. The van der Waals surface area contributed by atoms with Crippen LogP contribution in [0.15, 0.2) is 42.5 Å². The predicted molar refractivity (Wildman–Crippen MR) is 108 cm³/mol. The van der Waals surface area contributed by atoms with Gasteiger partial charge in [-0.15, -0.1) is 0 Å². The van der Waals surface area contributed by atoms with Crippen LogP contribution in [0.2, 0.25) is 5.02 Å². The molecule has 1 aliphatic heterocycles. The van der Waals surface area contributed by atoms with Crippen molar-refractivity contribution in [3.8, 4) is 5.75 Å². The van der Waals surface area contributed by atoms with Gasteiger partial charge in [0.15, 0.2) is 5.75 Å². The molecular weight excluding hydrogens is 382 g/mol. The second-order valence-corrected chi connectivity index (χ2v) is 6.83. The van der Waals surface area contributed by atoms with Crippen molar-refractivity contribution in [2.45, 2.75) is 13.3 Å². The number of carbonyl (C=O) groups is 1. The third-order valence-corrected chi connectivity index (χ3v) is 5.02. The number of benzene rings is 2. The maximum absolute atomic E-state index is 12.8. The van der Waals surface area contributed by atoms with Gasteiger partial charge >= 0.3 is 5.69 Å². The number of rotatable bonds is 5. The summed E-state index contributed by atoms with van der Waals surface area (Å²) in [5, 5.41) is 12.1. The standard InChI is InChI=1S/C20H22ClN3O4/c1-2-28-18-10-5-9-17(19(18)24(26)27)22-11-6-12-23(14-13-22)20(25)15-7-3-4-8-16(15)21/h3-5,7-10H,2,6,11-14H2,1H3. The molecule has 28 heavy (non-hydrogen) atoms. The number of carbonyl (C=O) groups excluding carboxylic acids is 1. The van der Waals surface area contributed by atoms with Crippen LogP contribution in [-0.2, 0) is 0 Å². The summed E-state index contributed by atoms with van der Waals surface area (Å²) in [6.07, 6.45) is 0.701. The second kappa shape index (κ2) is 8.93. The third kappa shape index (κ3) is 4.20. The Kier molecular flexibility index (Phi) is 6.36. The van der Waals surface area contributed by atoms with E-state index >= 15 is 0 Å². The Hall–Kier alpha value is -2.80. The monoisotopic (exact) mass is 403 g/mol. The molecule has 0 bridgehead atoms. The van der Waals surface area contributed by atoms with Gasteiger partial charge in [0.05, 0.1) is 22.1 Å². The molecule has 2 aromatic carbocycles. The fraction of sp³-hybridized carbons (Fsp3) is 0.350. The quantitative estimate of drug-likeness (QED) is 0.557. The van der Waals surface area contributed by atoms with Crippen LogP contribution in [0.5, 0.6) is 5.75 Å². The highest BCUT2D eigenvalue weighted by Crippen LogP contribution is 2.37. The summed E-state index contributed by atoms with van der Waals surface area (Å²) in [5.41, 5.74) is 0.958. The summed E-state index contributed by atoms with van der Waals surface area (Å²) in [6.45, 7) is 4.28. The van der Waals surface area contributed by atoms with Crippen molar-refractivity contribution in [3.05, 3.63) is 63.2 Å². The maximum Gasteiger partial charge on any atom is 0.333 e. The van der Waals surface area contributed by atoms with Crippen molar-refractivity contribution in [2.75, 3.05) is 37.7 Å². The zero-order valence-electron chi connectivity index (χ0n) is 15.6. The van der Waals surface area contributed by atoms with Crippen LogP contribution in [0, 0.1) is 10.1 Å². The lowest BCUT2D eigenvalue weighted by molar-refractivity contribution is -0.385. The molecule has 0 aromatic heterocycles. The number of nitrogens with zero attached hydrogens (tertiary/aromatic N) is 3. The number of hydrogen-bond donors (Lipinski definition) is 0. The Bertz CT molecular complexity index is 874. The lowest BCUT2D eigenvalue weighted by atomic mass is 10.2. The Labute approximate surface area is 168 Å². The van der Waals surface area contributed by atoms with E-state index in [-0.39, 0.29) is 17.3 Å². The molecule has 1 fully saturated rings. The fourth-order valence-electron chi connectivity index (χ4n) is 3.39. The van der Waals surface area contributed by atoms with Crippen molar-refractivity contribution in [3.63, 3.8) is 0 Å². The first-order valence-electron chi connectivity index (χ1n) is 9.22. The highest BCUT2D eigenvalue weighted by molar-refractivity contribution is 6.33. The van der Waals surface area contributed by atoms with Gasteiger partial charge in [0.1, 0.15) is 5.69 Å². The molecule has 0 spiro atoms. The summed E-state index contributed by atoms with van der Waals surface area (Å²) < 4.78 is 5.44. The Balaban J connectivity index is 1.81. The molecule has 0 N–H and O–H groups in total. The Morgan fingerprint density at radius 3 is 2.64 bits per heavy atom. The highest BCUT2D eigenvalue weighted by atomic mass is 35.5. The number of para-hydroxylation sites is 1. The average Bonchev–Trinajstić information content (AvgIpc) is 2.94. The molecule has 1 saturated heterocycles. The van der Waals surface area contributed by atoms with Crippen molar-refractivity contribution < 1.29 is 14.5 Å². The summed E-state index contributed by atoms with van der Waals surface area (Å²) in [4.78, 5) is 27.8. The van der Waals surface area contributed by atoms with Crippen molar-refractivity contribution in [1.82, 2.24) is 4.90 Å². The van der Waals surface area contributed by atoms with Crippen molar-refractivity contribution >= 4 is 28.9 Å². The molecule has 1 heterocycles. The summed E-state index contributed by atoms with van der Waals surface area (Å²) in [7, 11) is 0. The zero-order valence-corrected chi connectivity index (χ0v) is 16.4. The fourth-order valence-corrected chi connectivity index (χ4v) is 3.60. The number of nitro benzene ring substituents is 1. The summed E-state index contributed by atoms with van der Waals surface area (Å²) >= 11 is 6.16. The third-order valence-electron chi connectivity index (χ3n) is 4.69. The van der Waals surface area contributed by atoms with E-state index in [1.165, 1.54) is 0 Å². The summed E-state index contributed by atoms with van der Waals surface area (Å²) in [5.74, 6) is 0.142. The van der Waals surface area contributed by atoms with Gasteiger partial charge in [-0.05, 0) is 37.6 Å². The smallest absolute Gasteiger partial charge is 0.333 e. The van der Waals surface area contributed by atoms with Gasteiger partial charge in [0.2, 0.25) is 0 Å². The number of ether oxygens (including phenoxy) is 1. The number of amides is 1. The Morgan fingerprint density at radius 1 is 1.14 bits per heavy atom. The van der Waals surface area contributed by atoms with Gasteiger partial charge in [0, 0.05) is 26.2 Å². The van der Waals surface area contributed by atoms with E-state index in [0.717, 1.165) is 0 Å². The minimum absolute atomic E-state index is 0.0322. The lowest BCUT2D eigenvalue weighted by Crippen LogP contribution is -2.35. The normalized spacial score (nSPS) is 14.5. The van der Waals surface area contributed by atoms with Crippen LogP contribution in [0.4, 0.5) is 11.4 Å². The van der Waals surface area contributed by atoms with Crippen LogP contribution in [0.25, 0.3) is 0 Å². The number of nitro groups is 1. The minimum Gasteiger partial charge on any atom is -0.487 e. The number of anilines is 1. The molecule has 8 heteroatoms. The van der Waals surface area contributed by atoms with E-state index < -0.39 is 4.92 Å². The topological polar surface area (TPSA) is 75.9 Å². The van der Waals surface area contributed by atoms with Crippen LogP contribution >= 0.6 is 11.6 Å². The molecular formula is C20H22ClN3O4. The van der Waals surface area contributed by atoms with Gasteiger partial charge in [-0.25, -0.2) is 0 Å². The van der Waals surface area contributed by atoms with Crippen LogP contribution < -0.4 is 9.64 Å². The van der Waals surface area contributed by atoms with Crippen molar-refractivity contribution in [2.24, 2.45) is 0 Å². The van der Waals surface area contributed by atoms with Crippen LogP contribution in [0.1, 0.15) is 23.7 Å². The molecule has 1 amide bonds. The van der Waals surface area contributed by atoms with E-state index in [1.807, 2.05) is 4.90 Å². The molecule has 3 rings (SSSR count). The van der Waals surface area contributed by atoms with E-state index in [2.05, 4.69) is 0 Å². The predicted octanol–water partition coefficient (Wildman–Crippen LogP) is 4.00. The zero-order chi connectivity index (χ0) is 20.1. The molecule has 0 aliphatic carbocycles. The van der Waals surface area contributed by atoms with Gasteiger partial charge in [-0.2, -0.15) is 0 Å². The van der Waals surface area contributed by atoms with Crippen LogP contribution in [0.3, 0.4) is 0 Å². The average molecular weight is 404 g/mol. The van der Waals surface area contributed by atoms with E-state index in [0.29, 0.717) is 55.5 Å². The molecule has 148 valence electrons. The summed E-state index contributed by atoms with van der Waals surface area (Å²) in [6, 6.07) is 12.1. The van der Waals surface area contributed by atoms with E-state index in [1.54, 1.807) is 54.3 Å². The maximum atomic E-state index is 12.8. The number of halogens is 1. The molecule has 1 aliphatic rings.